The van der Waals surface area contributed by atoms with Gasteiger partial charge in [0.05, 0.1) is 53.3 Å². The van der Waals surface area contributed by atoms with Crippen molar-refractivity contribution in [3.05, 3.63) is 105 Å². The molecule has 0 radical (unpaired) electrons. The molecular formula is C31H29ClN4O4S. The first-order valence-corrected chi connectivity index (χ1v) is 14.0. The van der Waals surface area contributed by atoms with E-state index in [0.717, 1.165) is 11.1 Å². The van der Waals surface area contributed by atoms with Crippen LogP contribution in [0, 0.1) is 18.3 Å². The van der Waals surface area contributed by atoms with E-state index in [1.807, 2.05) is 61.5 Å². The number of hydrogen-bond acceptors (Lipinski definition) is 7. The fourth-order valence-electron chi connectivity index (χ4n) is 4.49. The molecule has 3 aromatic rings. The number of anilines is 2. The zero-order valence-corrected chi connectivity index (χ0v) is 24.6. The lowest BCUT2D eigenvalue weighted by Gasteiger charge is -2.30. The predicted molar refractivity (Wildman–Crippen MR) is 163 cm³/mol. The molecule has 8 nitrogen and oxygen atoms in total. The maximum Gasteiger partial charge on any atom is 0.254 e. The molecule has 4 rings (SSSR count). The largest absolute Gasteiger partial charge is 0.495 e. The van der Waals surface area contributed by atoms with Crippen molar-refractivity contribution >= 4 is 46.6 Å². The van der Waals surface area contributed by atoms with E-state index in [0.29, 0.717) is 49.8 Å². The van der Waals surface area contributed by atoms with E-state index < -0.39 is 5.92 Å². The smallest absolute Gasteiger partial charge is 0.254 e. The van der Waals surface area contributed by atoms with Gasteiger partial charge < -0.3 is 25.4 Å². The SMILES string of the molecule is COc1cc(NC(=O)CSC2=C(C#N)[C@@H](c3ccccc3)C(C(=O)Nc3ccccc3C)=C(C)N2)c(OC)cc1Cl. The van der Waals surface area contributed by atoms with Gasteiger partial charge in [-0.3, -0.25) is 9.59 Å². The predicted octanol–water partition coefficient (Wildman–Crippen LogP) is 6.37. The van der Waals surface area contributed by atoms with Crippen molar-refractivity contribution in [1.29, 1.82) is 5.26 Å². The summed E-state index contributed by atoms with van der Waals surface area (Å²) in [6.45, 7) is 3.71. The highest BCUT2D eigenvalue weighted by molar-refractivity contribution is 8.03. The third kappa shape index (κ3) is 6.68. The van der Waals surface area contributed by atoms with Gasteiger partial charge in [0.15, 0.2) is 0 Å². The summed E-state index contributed by atoms with van der Waals surface area (Å²) in [5, 5.41) is 20.2. The van der Waals surface area contributed by atoms with Crippen molar-refractivity contribution in [2.24, 2.45) is 0 Å². The number of carbonyl (C=O) groups is 2. The van der Waals surface area contributed by atoms with Gasteiger partial charge in [-0.2, -0.15) is 5.26 Å². The maximum atomic E-state index is 13.6. The number of allylic oxidation sites excluding steroid dienone is 2. The van der Waals surface area contributed by atoms with Crippen molar-refractivity contribution in [2.45, 2.75) is 19.8 Å². The molecule has 41 heavy (non-hydrogen) atoms. The van der Waals surface area contributed by atoms with Gasteiger partial charge in [-0.1, -0.05) is 71.9 Å². The lowest BCUT2D eigenvalue weighted by molar-refractivity contribution is -0.114. The maximum absolute atomic E-state index is 13.6. The molecule has 1 aliphatic rings. The number of benzene rings is 3. The second-order valence-corrected chi connectivity index (χ2v) is 10.5. The van der Waals surface area contributed by atoms with Crippen molar-refractivity contribution in [3.63, 3.8) is 0 Å². The summed E-state index contributed by atoms with van der Waals surface area (Å²) in [7, 11) is 2.96. The molecular weight excluding hydrogens is 560 g/mol. The van der Waals surface area contributed by atoms with Crippen LogP contribution in [0.1, 0.15) is 24.0 Å². The zero-order chi connectivity index (χ0) is 29.5. The van der Waals surface area contributed by atoms with Crippen LogP contribution < -0.4 is 25.4 Å². The quantitative estimate of drug-likeness (QED) is 0.266. The summed E-state index contributed by atoms with van der Waals surface area (Å²) in [6, 6.07) is 22.3. The van der Waals surface area contributed by atoms with Crippen molar-refractivity contribution < 1.29 is 19.1 Å². The minimum absolute atomic E-state index is 0.0128. The average molecular weight is 589 g/mol. The van der Waals surface area contributed by atoms with E-state index in [-0.39, 0.29) is 17.6 Å². The number of rotatable bonds is 9. The van der Waals surface area contributed by atoms with Crippen LogP contribution in [0.15, 0.2) is 88.6 Å². The first kappa shape index (κ1) is 29.6. The number of aryl methyl sites for hydroxylation is 1. The Hall–Kier alpha value is -4.39. The number of amides is 2. The second-order valence-electron chi connectivity index (χ2n) is 9.15. The third-order valence-electron chi connectivity index (χ3n) is 6.51. The van der Waals surface area contributed by atoms with Crippen molar-refractivity contribution in [1.82, 2.24) is 5.32 Å². The van der Waals surface area contributed by atoms with E-state index >= 15 is 0 Å². The highest BCUT2D eigenvalue weighted by Crippen LogP contribution is 2.41. The first-order valence-electron chi connectivity index (χ1n) is 12.7. The summed E-state index contributed by atoms with van der Waals surface area (Å²) in [5.74, 6) is -0.503. The number of halogens is 1. The Labute approximate surface area is 248 Å². The zero-order valence-electron chi connectivity index (χ0n) is 23.0. The summed E-state index contributed by atoms with van der Waals surface area (Å²) in [5.41, 5.74) is 4.18. The van der Waals surface area contributed by atoms with E-state index in [4.69, 9.17) is 21.1 Å². The number of nitrogens with one attached hydrogen (secondary N) is 3. The molecule has 1 aliphatic heterocycles. The van der Waals surface area contributed by atoms with Gasteiger partial charge >= 0.3 is 0 Å². The number of ether oxygens (including phenoxy) is 2. The van der Waals surface area contributed by atoms with Gasteiger partial charge in [-0.15, -0.1) is 0 Å². The molecule has 10 heteroatoms. The second kappa shape index (κ2) is 13.3. The fourth-order valence-corrected chi connectivity index (χ4v) is 5.61. The minimum Gasteiger partial charge on any atom is -0.495 e. The molecule has 0 aliphatic carbocycles. The Morgan fingerprint density at radius 1 is 0.976 bits per heavy atom. The van der Waals surface area contributed by atoms with Crippen LogP contribution in [0.2, 0.25) is 5.02 Å². The molecule has 210 valence electrons. The first-order chi connectivity index (χ1) is 19.8. The van der Waals surface area contributed by atoms with E-state index in [2.05, 4.69) is 22.0 Å². The summed E-state index contributed by atoms with van der Waals surface area (Å²) in [4.78, 5) is 26.6. The van der Waals surface area contributed by atoms with Crippen LogP contribution in [0.3, 0.4) is 0 Å². The molecule has 3 aromatic carbocycles. The van der Waals surface area contributed by atoms with Crippen LogP contribution in [-0.4, -0.2) is 31.8 Å². The van der Waals surface area contributed by atoms with Gasteiger partial charge in [0, 0.05) is 29.1 Å². The molecule has 0 spiro atoms. The highest BCUT2D eigenvalue weighted by atomic mass is 35.5. The Morgan fingerprint density at radius 3 is 2.32 bits per heavy atom. The van der Waals surface area contributed by atoms with Crippen LogP contribution in [0.25, 0.3) is 0 Å². The molecule has 3 N–H and O–H groups in total. The number of hydrogen-bond donors (Lipinski definition) is 3. The normalized spacial score (nSPS) is 14.6. The number of carbonyl (C=O) groups excluding carboxylic acids is 2. The molecule has 0 unspecified atom stereocenters. The van der Waals surface area contributed by atoms with Crippen LogP contribution in [-0.2, 0) is 9.59 Å². The summed E-state index contributed by atoms with van der Waals surface area (Å²) >= 11 is 7.35. The van der Waals surface area contributed by atoms with E-state index in [1.54, 1.807) is 19.1 Å². The van der Waals surface area contributed by atoms with Crippen LogP contribution in [0.4, 0.5) is 11.4 Å². The van der Waals surface area contributed by atoms with Crippen LogP contribution >= 0.6 is 23.4 Å². The summed E-state index contributed by atoms with van der Waals surface area (Å²) < 4.78 is 10.6. The molecule has 1 atom stereocenters. The third-order valence-corrected chi connectivity index (χ3v) is 7.83. The number of nitrogens with zero attached hydrogens (tertiary/aromatic N) is 1. The number of dihydropyridines is 1. The lowest BCUT2D eigenvalue weighted by atomic mass is 9.82. The molecule has 1 heterocycles. The standard InChI is InChI=1S/C31H29ClN4O4S/c1-18-10-8-9-13-23(18)36-30(38)28-19(2)34-31(21(16-33)29(28)20-11-6-5-7-12-20)41-17-27(37)35-24-15-25(39-3)22(32)14-26(24)40-4/h5-15,29,34H,17H2,1-4H3,(H,35,37)(H,36,38)/t29-/m1/s1. The Kier molecular flexibility index (Phi) is 9.61. The molecule has 0 fully saturated rings. The van der Waals surface area contributed by atoms with Gasteiger partial charge in [0.1, 0.15) is 11.5 Å². The topological polar surface area (TPSA) is 112 Å². The molecule has 0 bridgehead atoms. The summed E-state index contributed by atoms with van der Waals surface area (Å²) in [6.07, 6.45) is 0. The fraction of sp³-hybridized carbons (Fsp3) is 0.194. The molecule has 2 amide bonds. The number of methoxy groups -OCH3 is 2. The number of nitriles is 1. The monoisotopic (exact) mass is 588 g/mol. The molecule has 0 saturated carbocycles. The van der Waals surface area contributed by atoms with E-state index in [9.17, 15) is 14.9 Å². The Morgan fingerprint density at radius 2 is 1.66 bits per heavy atom. The van der Waals surface area contributed by atoms with Gasteiger partial charge in [0.2, 0.25) is 5.91 Å². The molecule has 0 aromatic heterocycles. The van der Waals surface area contributed by atoms with E-state index in [1.165, 1.54) is 26.0 Å². The Bertz CT molecular complexity index is 1580. The van der Waals surface area contributed by atoms with Crippen LogP contribution in [0.5, 0.6) is 11.5 Å². The van der Waals surface area contributed by atoms with Gasteiger partial charge in [-0.25, -0.2) is 0 Å². The Balaban J connectivity index is 1.61. The lowest BCUT2D eigenvalue weighted by Crippen LogP contribution is -2.31. The van der Waals surface area contributed by atoms with Crippen molar-refractivity contribution in [2.75, 3.05) is 30.6 Å². The van der Waals surface area contributed by atoms with Gasteiger partial charge in [-0.05, 0) is 31.0 Å². The highest BCUT2D eigenvalue weighted by Gasteiger charge is 2.35. The van der Waals surface area contributed by atoms with Gasteiger partial charge in [0.25, 0.3) is 5.91 Å². The number of para-hydroxylation sites is 1. The minimum atomic E-state index is -0.627. The number of thioether (sulfide) groups is 1. The molecule has 0 saturated heterocycles. The average Bonchev–Trinajstić information content (AvgIpc) is 2.97. The van der Waals surface area contributed by atoms with Crippen molar-refractivity contribution in [3.8, 4) is 17.6 Å².